The van der Waals surface area contributed by atoms with E-state index in [2.05, 4.69) is 204 Å². The van der Waals surface area contributed by atoms with Gasteiger partial charge in [0.25, 0.3) is 0 Å². The molecule has 0 atom stereocenters. The van der Waals surface area contributed by atoms with Crippen molar-refractivity contribution in [1.29, 1.82) is 0 Å². The zero-order chi connectivity index (χ0) is 37.2. The van der Waals surface area contributed by atoms with E-state index < -0.39 is 0 Å². The van der Waals surface area contributed by atoms with E-state index in [0.717, 1.165) is 40.3 Å². The Morgan fingerprint density at radius 1 is 0.444 bits per heavy atom. The highest BCUT2D eigenvalue weighted by Gasteiger charge is 2.42. The third-order valence-electron chi connectivity index (χ3n) is 12.3. The molecular weight excluding hydrogens is 653 g/mol. The minimum Gasteiger partial charge on any atom is -0.310 e. The molecule has 0 saturated heterocycles. The Morgan fingerprint density at radius 2 is 0.981 bits per heavy atom. The zero-order valence-corrected chi connectivity index (χ0v) is 32.3. The van der Waals surface area contributed by atoms with Gasteiger partial charge in [-0.2, -0.15) is 0 Å². The smallest absolute Gasteiger partial charge is 0.0730 e. The molecule has 0 saturated carbocycles. The minimum atomic E-state index is -0.141. The van der Waals surface area contributed by atoms with Crippen LogP contribution in [-0.2, 0) is 16.2 Å². The van der Waals surface area contributed by atoms with E-state index >= 15 is 0 Å². The number of nitrogens with zero attached hydrogens (tertiary/aromatic N) is 2. The molecule has 2 aliphatic rings. The molecule has 54 heavy (non-hydrogen) atoms. The predicted octanol–water partition coefficient (Wildman–Crippen LogP) is 14.2. The van der Waals surface area contributed by atoms with Crippen LogP contribution in [0.4, 0.5) is 17.1 Å². The summed E-state index contributed by atoms with van der Waals surface area (Å²) >= 11 is 0. The quantitative estimate of drug-likeness (QED) is 0.172. The molecule has 2 nitrogen and oxygen atoms in total. The predicted molar refractivity (Wildman–Crippen MR) is 228 cm³/mol. The topological polar surface area (TPSA) is 16.1 Å². The Hall–Kier alpha value is -5.73. The molecule has 0 bridgehead atoms. The fraction of sp³-hybridized carbons (Fsp3) is 0.212. The van der Waals surface area contributed by atoms with Crippen LogP contribution in [0.2, 0.25) is 0 Å². The SMILES string of the molecule is CC1(C)CCC(C)(C)c2c(-c3c(N(c4ccccc4)c4cc(-c5ccccc5)nc(-c5ccccc5)c4)ccc4c3-c3ccccc3C4(C)C)cccc21. The molecule has 1 heterocycles. The average molecular weight is 701 g/mol. The standard InChI is InChI=1S/C52H48N2/c1-50(2)31-32-51(3,4)49-40(26-18-28-43(49)50)48-46(30-29-42-47(48)39-25-16-17-27-41(39)52(42,5)6)54(37-23-14-9-15-24-37)38-33-44(35-19-10-7-11-20-35)53-45(34-38)36-21-12-8-13-22-36/h7-30,33-34H,31-32H2,1-6H3. The van der Waals surface area contributed by atoms with Gasteiger partial charge in [-0.05, 0) is 92.9 Å². The fourth-order valence-electron chi connectivity index (χ4n) is 9.34. The van der Waals surface area contributed by atoms with Crippen molar-refractivity contribution >= 4 is 17.1 Å². The summed E-state index contributed by atoms with van der Waals surface area (Å²) in [5.74, 6) is 0. The Kier molecular flexibility index (Phi) is 8.01. The molecule has 0 N–H and O–H groups in total. The number of benzene rings is 6. The van der Waals surface area contributed by atoms with Gasteiger partial charge < -0.3 is 4.90 Å². The lowest BCUT2D eigenvalue weighted by atomic mass is 9.61. The lowest BCUT2D eigenvalue weighted by Gasteiger charge is -2.43. The average Bonchev–Trinajstić information content (AvgIpc) is 3.43. The molecule has 1 aromatic heterocycles. The lowest BCUT2D eigenvalue weighted by molar-refractivity contribution is 0.333. The van der Waals surface area contributed by atoms with Crippen LogP contribution in [0.1, 0.15) is 76.6 Å². The van der Waals surface area contributed by atoms with Crippen molar-refractivity contribution < 1.29 is 0 Å². The highest BCUT2D eigenvalue weighted by molar-refractivity contribution is 6.02. The second kappa shape index (κ2) is 12.7. The van der Waals surface area contributed by atoms with Gasteiger partial charge in [0.15, 0.2) is 0 Å². The summed E-state index contributed by atoms with van der Waals surface area (Å²) < 4.78 is 0. The molecule has 0 radical (unpaired) electrons. The van der Waals surface area contributed by atoms with Gasteiger partial charge in [-0.3, -0.25) is 0 Å². The van der Waals surface area contributed by atoms with Crippen molar-refractivity contribution in [2.24, 2.45) is 0 Å². The Morgan fingerprint density at radius 3 is 1.63 bits per heavy atom. The number of anilines is 3. The maximum absolute atomic E-state index is 5.30. The highest BCUT2D eigenvalue weighted by atomic mass is 15.1. The molecule has 0 unspecified atom stereocenters. The van der Waals surface area contributed by atoms with Crippen LogP contribution >= 0.6 is 0 Å². The van der Waals surface area contributed by atoms with Gasteiger partial charge in [0.2, 0.25) is 0 Å². The number of fused-ring (bicyclic) bond motifs is 4. The maximum Gasteiger partial charge on any atom is 0.0730 e. The Balaban J connectivity index is 1.42. The minimum absolute atomic E-state index is 0.00425. The monoisotopic (exact) mass is 700 g/mol. The number of hydrogen-bond acceptors (Lipinski definition) is 2. The summed E-state index contributed by atoms with van der Waals surface area (Å²) in [4.78, 5) is 7.79. The van der Waals surface area contributed by atoms with Crippen molar-refractivity contribution in [3.63, 3.8) is 0 Å². The maximum atomic E-state index is 5.30. The van der Waals surface area contributed by atoms with Crippen LogP contribution < -0.4 is 4.90 Å². The van der Waals surface area contributed by atoms with E-state index in [0.29, 0.717) is 0 Å². The largest absolute Gasteiger partial charge is 0.310 e. The third-order valence-corrected chi connectivity index (χ3v) is 12.3. The summed E-state index contributed by atoms with van der Waals surface area (Å²) in [7, 11) is 0. The summed E-state index contributed by atoms with van der Waals surface area (Å²) in [5.41, 5.74) is 18.4. The number of pyridine rings is 1. The van der Waals surface area contributed by atoms with Gasteiger partial charge in [0.1, 0.15) is 0 Å². The molecule has 7 aromatic rings. The first-order valence-electron chi connectivity index (χ1n) is 19.4. The third kappa shape index (κ3) is 5.50. The van der Waals surface area contributed by atoms with Gasteiger partial charge >= 0.3 is 0 Å². The fourth-order valence-corrected chi connectivity index (χ4v) is 9.34. The van der Waals surface area contributed by atoms with Crippen molar-refractivity contribution in [3.05, 3.63) is 180 Å². The molecule has 9 rings (SSSR count). The Labute approximate surface area is 321 Å². The summed E-state index contributed by atoms with van der Waals surface area (Å²) in [6.45, 7) is 14.6. The molecule has 0 aliphatic heterocycles. The van der Waals surface area contributed by atoms with Gasteiger partial charge in [-0.1, -0.05) is 169 Å². The van der Waals surface area contributed by atoms with Crippen molar-refractivity contribution in [3.8, 4) is 44.8 Å². The first-order valence-corrected chi connectivity index (χ1v) is 19.4. The number of para-hydroxylation sites is 1. The highest BCUT2D eigenvalue weighted by Crippen LogP contribution is 2.59. The van der Waals surface area contributed by atoms with Crippen LogP contribution in [0.3, 0.4) is 0 Å². The molecule has 2 heteroatoms. The summed E-state index contributed by atoms with van der Waals surface area (Å²) in [6, 6.07) is 57.7. The van der Waals surface area contributed by atoms with E-state index in [1.54, 1.807) is 0 Å². The number of aromatic nitrogens is 1. The summed E-state index contributed by atoms with van der Waals surface area (Å²) in [6.07, 6.45) is 2.31. The zero-order valence-electron chi connectivity index (χ0n) is 32.3. The van der Waals surface area contributed by atoms with Crippen molar-refractivity contribution in [1.82, 2.24) is 4.98 Å². The van der Waals surface area contributed by atoms with Crippen LogP contribution in [0, 0.1) is 0 Å². The van der Waals surface area contributed by atoms with E-state index in [1.807, 2.05) is 0 Å². The second-order valence-corrected chi connectivity index (χ2v) is 17.0. The van der Waals surface area contributed by atoms with E-state index in [9.17, 15) is 0 Å². The molecule has 0 amide bonds. The Bertz CT molecular complexity index is 2450. The second-order valence-electron chi connectivity index (χ2n) is 17.0. The van der Waals surface area contributed by atoms with E-state index in [-0.39, 0.29) is 16.2 Å². The molecule has 0 spiro atoms. The molecule has 0 fully saturated rings. The lowest BCUT2D eigenvalue weighted by Crippen LogP contribution is -2.34. The molecular formula is C52H48N2. The molecule has 6 aromatic carbocycles. The van der Waals surface area contributed by atoms with E-state index in [1.165, 1.54) is 56.6 Å². The molecule has 266 valence electrons. The van der Waals surface area contributed by atoms with Gasteiger partial charge in [0.05, 0.1) is 22.8 Å². The van der Waals surface area contributed by atoms with Crippen LogP contribution in [0.5, 0.6) is 0 Å². The van der Waals surface area contributed by atoms with Gasteiger partial charge in [-0.15, -0.1) is 0 Å². The van der Waals surface area contributed by atoms with Crippen molar-refractivity contribution in [2.75, 3.05) is 4.90 Å². The first-order chi connectivity index (χ1) is 26.0. The van der Waals surface area contributed by atoms with Crippen LogP contribution in [0.25, 0.3) is 44.8 Å². The molecule has 2 aliphatic carbocycles. The van der Waals surface area contributed by atoms with Gasteiger partial charge in [0, 0.05) is 27.8 Å². The number of hydrogen-bond donors (Lipinski definition) is 0. The van der Waals surface area contributed by atoms with E-state index in [4.69, 9.17) is 4.98 Å². The van der Waals surface area contributed by atoms with Crippen LogP contribution in [-0.4, -0.2) is 4.98 Å². The number of rotatable bonds is 6. The normalized spacial score (nSPS) is 15.9. The summed E-state index contributed by atoms with van der Waals surface area (Å²) in [5, 5.41) is 0. The van der Waals surface area contributed by atoms with Crippen molar-refractivity contribution in [2.45, 2.75) is 70.6 Å². The van der Waals surface area contributed by atoms with Gasteiger partial charge in [-0.25, -0.2) is 4.98 Å². The first kappa shape index (κ1) is 34.1. The van der Waals surface area contributed by atoms with Crippen LogP contribution in [0.15, 0.2) is 158 Å².